The molecule has 1 N–H and O–H groups in total. The quantitative estimate of drug-likeness (QED) is 0.630. The van der Waals surface area contributed by atoms with Gasteiger partial charge in [-0.1, -0.05) is 23.3 Å². The number of rotatable bonds is 6. The Hall–Kier alpha value is -3.04. The van der Waals surface area contributed by atoms with E-state index in [4.69, 9.17) is 4.42 Å². The number of nitrogens with one attached hydrogen (secondary N) is 1. The summed E-state index contributed by atoms with van der Waals surface area (Å²) in [6, 6.07) is 11.9. The summed E-state index contributed by atoms with van der Waals surface area (Å²) in [7, 11) is -3.51. The van der Waals surface area contributed by atoms with Crippen molar-refractivity contribution in [3.63, 3.8) is 0 Å². The summed E-state index contributed by atoms with van der Waals surface area (Å²) < 4.78 is 32.2. The van der Waals surface area contributed by atoms with Gasteiger partial charge >= 0.3 is 6.01 Å². The molecule has 0 saturated carbocycles. The van der Waals surface area contributed by atoms with Gasteiger partial charge in [0.15, 0.2) is 0 Å². The third-order valence-electron chi connectivity index (χ3n) is 5.43. The molecule has 3 aromatic rings. The monoisotopic (exact) mass is 440 g/mol. The lowest BCUT2D eigenvalue weighted by Gasteiger charge is -2.15. The van der Waals surface area contributed by atoms with Crippen molar-refractivity contribution < 1.29 is 17.6 Å². The molecule has 1 fully saturated rings. The fourth-order valence-electron chi connectivity index (χ4n) is 3.49. The molecule has 2 aromatic carbocycles. The number of hydrogen-bond donors (Lipinski definition) is 1. The SMILES string of the molecule is Cc1ccc(Cc2nnc(NC(=O)c3ccc(S(=O)(=O)N4CCCC4)cc3)o2)cc1C. The number of carbonyl (C=O) groups is 1. The molecule has 8 nitrogen and oxygen atoms in total. The topological polar surface area (TPSA) is 105 Å². The van der Waals surface area contributed by atoms with E-state index in [2.05, 4.69) is 21.6 Å². The molecule has 1 aliphatic heterocycles. The van der Waals surface area contributed by atoms with Crippen molar-refractivity contribution in [3.05, 3.63) is 70.6 Å². The van der Waals surface area contributed by atoms with Crippen LogP contribution in [0.2, 0.25) is 0 Å². The van der Waals surface area contributed by atoms with E-state index in [9.17, 15) is 13.2 Å². The predicted molar refractivity (Wildman–Crippen MR) is 115 cm³/mol. The van der Waals surface area contributed by atoms with Crippen LogP contribution in [-0.4, -0.2) is 41.9 Å². The lowest BCUT2D eigenvalue weighted by molar-refractivity contribution is 0.102. The van der Waals surface area contributed by atoms with Gasteiger partial charge in [0.2, 0.25) is 15.9 Å². The highest BCUT2D eigenvalue weighted by Crippen LogP contribution is 2.21. The van der Waals surface area contributed by atoms with Gasteiger partial charge in [-0.2, -0.15) is 4.31 Å². The Labute approximate surface area is 181 Å². The summed E-state index contributed by atoms with van der Waals surface area (Å²) in [6.45, 7) is 5.16. The van der Waals surface area contributed by atoms with Crippen LogP contribution in [0, 0.1) is 13.8 Å². The fourth-order valence-corrected chi connectivity index (χ4v) is 5.01. The van der Waals surface area contributed by atoms with Gasteiger partial charge in [-0.15, -0.1) is 5.10 Å². The Morgan fingerprint density at radius 3 is 2.42 bits per heavy atom. The molecule has 1 aromatic heterocycles. The minimum Gasteiger partial charge on any atom is -0.407 e. The first kappa shape index (κ1) is 21.2. The molecule has 9 heteroatoms. The fraction of sp³-hybridized carbons (Fsp3) is 0.318. The number of aromatic nitrogens is 2. The maximum absolute atomic E-state index is 12.6. The van der Waals surface area contributed by atoms with E-state index in [0.717, 1.165) is 18.4 Å². The lowest BCUT2D eigenvalue weighted by Crippen LogP contribution is -2.27. The normalized spacial score (nSPS) is 14.6. The highest BCUT2D eigenvalue weighted by Gasteiger charge is 2.27. The Morgan fingerprint density at radius 2 is 1.74 bits per heavy atom. The first-order chi connectivity index (χ1) is 14.8. The number of amides is 1. The van der Waals surface area contributed by atoms with Gasteiger partial charge in [0.05, 0.1) is 11.3 Å². The van der Waals surface area contributed by atoms with Crippen LogP contribution in [0.25, 0.3) is 0 Å². The zero-order valence-corrected chi connectivity index (χ0v) is 18.3. The van der Waals surface area contributed by atoms with Crippen LogP contribution in [0.3, 0.4) is 0 Å². The second-order valence-corrected chi connectivity index (χ2v) is 9.62. The largest absolute Gasteiger partial charge is 0.407 e. The van der Waals surface area contributed by atoms with Crippen LogP contribution in [-0.2, 0) is 16.4 Å². The smallest absolute Gasteiger partial charge is 0.322 e. The van der Waals surface area contributed by atoms with Crippen LogP contribution in [0.1, 0.15) is 45.8 Å². The third-order valence-corrected chi connectivity index (χ3v) is 7.35. The molecule has 2 heterocycles. The average molecular weight is 441 g/mol. The Bertz CT molecular complexity index is 1200. The van der Waals surface area contributed by atoms with Crippen molar-refractivity contribution in [2.24, 2.45) is 0 Å². The van der Waals surface area contributed by atoms with Crippen molar-refractivity contribution in [3.8, 4) is 0 Å². The third kappa shape index (κ3) is 4.67. The Morgan fingerprint density at radius 1 is 1.03 bits per heavy atom. The standard InChI is InChI=1S/C22H24N4O4S/c1-15-5-6-17(13-16(15)2)14-20-24-25-22(30-20)23-21(27)18-7-9-19(10-8-18)31(28,29)26-11-3-4-12-26/h5-10,13H,3-4,11-12,14H2,1-2H3,(H,23,25,27). The molecule has 4 rings (SSSR count). The van der Waals surface area contributed by atoms with Crippen molar-refractivity contribution >= 4 is 21.9 Å². The van der Waals surface area contributed by atoms with Gasteiger partial charge < -0.3 is 4.42 Å². The van der Waals surface area contributed by atoms with Gasteiger partial charge in [0.1, 0.15) is 0 Å². The molecule has 0 radical (unpaired) electrons. The number of benzene rings is 2. The van der Waals surface area contributed by atoms with Gasteiger partial charge in [0, 0.05) is 18.7 Å². The van der Waals surface area contributed by atoms with Gasteiger partial charge in [-0.3, -0.25) is 10.1 Å². The van der Waals surface area contributed by atoms with Crippen LogP contribution < -0.4 is 5.32 Å². The van der Waals surface area contributed by atoms with E-state index in [-0.39, 0.29) is 10.9 Å². The predicted octanol–water partition coefficient (Wildman–Crippen LogP) is 3.31. The summed E-state index contributed by atoms with van der Waals surface area (Å²) >= 11 is 0. The molecule has 0 unspecified atom stereocenters. The van der Waals surface area contributed by atoms with E-state index in [1.165, 1.54) is 39.7 Å². The Kier molecular flexibility index (Phi) is 5.88. The zero-order chi connectivity index (χ0) is 22.0. The molecule has 0 spiro atoms. The number of nitrogens with zero attached hydrogens (tertiary/aromatic N) is 3. The number of hydrogen-bond acceptors (Lipinski definition) is 6. The summed E-state index contributed by atoms with van der Waals surface area (Å²) in [5.74, 6) is -0.0582. The Balaban J connectivity index is 1.41. The number of carbonyl (C=O) groups excluding carboxylic acids is 1. The molecule has 1 saturated heterocycles. The number of sulfonamides is 1. The van der Waals surface area contributed by atoms with Crippen LogP contribution in [0.4, 0.5) is 6.01 Å². The molecular formula is C22H24N4O4S. The molecule has 0 bridgehead atoms. The van der Waals surface area contributed by atoms with Crippen LogP contribution in [0.15, 0.2) is 51.8 Å². The second kappa shape index (κ2) is 8.60. The second-order valence-electron chi connectivity index (χ2n) is 7.69. The van der Waals surface area contributed by atoms with E-state index in [1.807, 2.05) is 26.0 Å². The maximum Gasteiger partial charge on any atom is 0.322 e. The first-order valence-electron chi connectivity index (χ1n) is 10.1. The molecule has 162 valence electrons. The number of anilines is 1. The van der Waals surface area contributed by atoms with Crippen LogP contribution in [0.5, 0.6) is 0 Å². The maximum atomic E-state index is 12.6. The highest BCUT2D eigenvalue weighted by molar-refractivity contribution is 7.89. The van der Waals surface area contributed by atoms with Crippen LogP contribution >= 0.6 is 0 Å². The van der Waals surface area contributed by atoms with E-state index >= 15 is 0 Å². The van der Waals surface area contributed by atoms with Crippen molar-refractivity contribution in [2.75, 3.05) is 18.4 Å². The van der Waals surface area contributed by atoms with Gasteiger partial charge in [-0.05, 0) is 67.6 Å². The summed E-state index contributed by atoms with van der Waals surface area (Å²) in [5, 5.41) is 10.4. The summed E-state index contributed by atoms with van der Waals surface area (Å²) in [6.07, 6.45) is 2.21. The van der Waals surface area contributed by atoms with E-state index in [0.29, 0.717) is 31.0 Å². The van der Waals surface area contributed by atoms with E-state index in [1.54, 1.807) is 0 Å². The minimum atomic E-state index is -3.51. The molecule has 1 amide bonds. The average Bonchev–Trinajstić information content (AvgIpc) is 3.44. The molecule has 31 heavy (non-hydrogen) atoms. The van der Waals surface area contributed by atoms with Crippen molar-refractivity contribution in [2.45, 2.75) is 38.0 Å². The minimum absolute atomic E-state index is 0.00222. The molecule has 0 atom stereocenters. The zero-order valence-electron chi connectivity index (χ0n) is 17.5. The molecule has 1 aliphatic rings. The molecular weight excluding hydrogens is 416 g/mol. The van der Waals surface area contributed by atoms with Gasteiger partial charge in [-0.25, -0.2) is 8.42 Å². The summed E-state index contributed by atoms with van der Waals surface area (Å²) in [5.41, 5.74) is 3.73. The van der Waals surface area contributed by atoms with Gasteiger partial charge in [0.25, 0.3) is 5.91 Å². The highest BCUT2D eigenvalue weighted by atomic mass is 32.2. The first-order valence-corrected chi connectivity index (χ1v) is 11.6. The van der Waals surface area contributed by atoms with E-state index < -0.39 is 15.9 Å². The number of aryl methyl sites for hydroxylation is 2. The van der Waals surface area contributed by atoms with Crippen molar-refractivity contribution in [1.29, 1.82) is 0 Å². The lowest BCUT2D eigenvalue weighted by atomic mass is 10.0. The van der Waals surface area contributed by atoms with Crippen molar-refractivity contribution in [1.82, 2.24) is 14.5 Å². The molecule has 0 aliphatic carbocycles. The summed E-state index contributed by atoms with van der Waals surface area (Å²) in [4.78, 5) is 12.7.